The van der Waals surface area contributed by atoms with Gasteiger partial charge in [0.1, 0.15) is 5.69 Å². The normalized spacial score (nSPS) is 18.8. The van der Waals surface area contributed by atoms with Crippen LogP contribution in [-0.4, -0.2) is 56.9 Å². The Labute approximate surface area is 217 Å². The first-order chi connectivity index (χ1) is 18.2. The number of likely N-dealkylation sites (tertiary alicyclic amines) is 1. The average Bonchev–Trinajstić information content (AvgIpc) is 3.70. The first-order valence-electron chi connectivity index (χ1n) is 13.7. The Bertz CT molecular complexity index is 1230. The highest BCUT2D eigenvalue weighted by Gasteiger charge is 2.42. The van der Waals surface area contributed by atoms with E-state index in [4.69, 9.17) is 4.52 Å². The number of fused-ring (bicyclic) bond motifs is 1. The summed E-state index contributed by atoms with van der Waals surface area (Å²) in [6.07, 6.45) is 10.3. The van der Waals surface area contributed by atoms with E-state index in [0.717, 1.165) is 69.0 Å². The highest BCUT2D eigenvalue weighted by molar-refractivity contribution is 5.93. The molecule has 0 spiro atoms. The SMILES string of the molecule is O=C(c1onc2c1CCCC2)N1CCC(C(Cc2ccccc2)N(C(=O)c2ccccn2)C2CC2)CC1. The van der Waals surface area contributed by atoms with Gasteiger partial charge in [-0.2, -0.15) is 0 Å². The zero-order valence-corrected chi connectivity index (χ0v) is 21.2. The highest BCUT2D eigenvalue weighted by Crippen LogP contribution is 2.37. The molecule has 2 aromatic heterocycles. The number of nitrogens with zero attached hydrogens (tertiary/aromatic N) is 4. The van der Waals surface area contributed by atoms with Crippen LogP contribution in [0.2, 0.25) is 0 Å². The van der Waals surface area contributed by atoms with Gasteiger partial charge in [0.15, 0.2) is 0 Å². The molecule has 37 heavy (non-hydrogen) atoms. The van der Waals surface area contributed by atoms with Crippen molar-refractivity contribution in [1.29, 1.82) is 0 Å². The molecule has 0 N–H and O–H groups in total. The molecule has 3 aromatic rings. The molecule has 2 amide bonds. The van der Waals surface area contributed by atoms with Crippen LogP contribution in [0.4, 0.5) is 0 Å². The van der Waals surface area contributed by atoms with E-state index in [9.17, 15) is 9.59 Å². The third-order valence-corrected chi connectivity index (χ3v) is 8.23. The Morgan fingerprint density at radius 2 is 1.73 bits per heavy atom. The van der Waals surface area contributed by atoms with E-state index in [1.165, 1.54) is 5.56 Å². The zero-order chi connectivity index (χ0) is 25.2. The van der Waals surface area contributed by atoms with Gasteiger partial charge in [0.05, 0.1) is 5.69 Å². The second kappa shape index (κ2) is 10.5. The quantitative estimate of drug-likeness (QED) is 0.471. The predicted molar refractivity (Wildman–Crippen MR) is 139 cm³/mol. The van der Waals surface area contributed by atoms with Crippen molar-refractivity contribution in [3.05, 3.63) is 83.0 Å². The molecule has 1 saturated heterocycles. The van der Waals surface area contributed by atoms with Crippen molar-refractivity contribution in [2.24, 2.45) is 5.92 Å². The highest BCUT2D eigenvalue weighted by atomic mass is 16.5. The van der Waals surface area contributed by atoms with Crippen LogP contribution >= 0.6 is 0 Å². The number of piperidine rings is 1. The standard InChI is InChI=1S/C30H34N4O3/c35-29(26-12-6-7-17-31-26)34(23-13-14-23)27(20-21-8-2-1-3-9-21)22-15-18-33(19-16-22)30(36)28-24-10-4-5-11-25(24)32-37-28/h1-3,6-9,12,17,22-23,27H,4-5,10-11,13-16,18-20H2. The lowest BCUT2D eigenvalue weighted by atomic mass is 9.84. The van der Waals surface area contributed by atoms with Crippen molar-refractivity contribution < 1.29 is 14.1 Å². The molecule has 3 aliphatic rings. The van der Waals surface area contributed by atoms with Gasteiger partial charge in [-0.3, -0.25) is 14.6 Å². The summed E-state index contributed by atoms with van der Waals surface area (Å²) in [4.78, 5) is 35.5. The van der Waals surface area contributed by atoms with Gasteiger partial charge >= 0.3 is 0 Å². The molecule has 3 heterocycles. The number of aryl methyl sites for hydroxylation is 1. The van der Waals surface area contributed by atoms with Gasteiger partial charge in [-0.15, -0.1) is 0 Å². The summed E-state index contributed by atoms with van der Waals surface area (Å²) in [5, 5.41) is 4.19. The molecule has 0 radical (unpaired) electrons. The van der Waals surface area contributed by atoms with Crippen LogP contribution < -0.4 is 0 Å². The lowest BCUT2D eigenvalue weighted by Crippen LogP contribution is -2.51. The number of hydrogen-bond donors (Lipinski definition) is 0. The minimum absolute atomic E-state index is 0.0239. The number of rotatable bonds is 7. The summed E-state index contributed by atoms with van der Waals surface area (Å²) in [6.45, 7) is 1.33. The smallest absolute Gasteiger partial charge is 0.292 e. The maximum Gasteiger partial charge on any atom is 0.292 e. The summed E-state index contributed by atoms with van der Waals surface area (Å²) in [5.41, 5.74) is 3.72. The molecule has 1 aliphatic heterocycles. The van der Waals surface area contributed by atoms with Gasteiger partial charge in [-0.05, 0) is 81.4 Å². The summed E-state index contributed by atoms with van der Waals surface area (Å²) in [5.74, 6) is 0.744. The van der Waals surface area contributed by atoms with Gasteiger partial charge in [0.25, 0.3) is 11.8 Å². The van der Waals surface area contributed by atoms with Crippen LogP contribution in [0.3, 0.4) is 0 Å². The molecular formula is C30H34N4O3. The fourth-order valence-corrected chi connectivity index (χ4v) is 6.10. The van der Waals surface area contributed by atoms with Crippen LogP contribution in [0, 0.1) is 5.92 Å². The van der Waals surface area contributed by atoms with E-state index >= 15 is 0 Å². The van der Waals surface area contributed by atoms with Crippen LogP contribution in [0.5, 0.6) is 0 Å². The number of benzene rings is 1. The monoisotopic (exact) mass is 498 g/mol. The van der Waals surface area contributed by atoms with Crippen molar-refractivity contribution in [3.63, 3.8) is 0 Å². The van der Waals surface area contributed by atoms with Gasteiger partial charge < -0.3 is 14.3 Å². The van der Waals surface area contributed by atoms with Gasteiger partial charge in [-0.1, -0.05) is 41.6 Å². The largest absolute Gasteiger partial charge is 0.350 e. The fraction of sp³-hybridized carbons (Fsp3) is 0.467. The fourth-order valence-electron chi connectivity index (χ4n) is 6.10. The summed E-state index contributed by atoms with van der Waals surface area (Å²) >= 11 is 0. The number of carbonyl (C=O) groups is 2. The van der Waals surface area contributed by atoms with Crippen LogP contribution in [-0.2, 0) is 19.3 Å². The molecule has 7 heteroatoms. The van der Waals surface area contributed by atoms with Crippen LogP contribution in [0.25, 0.3) is 0 Å². The molecular weight excluding hydrogens is 464 g/mol. The molecule has 7 nitrogen and oxygen atoms in total. The number of aromatic nitrogens is 2. The van der Waals surface area contributed by atoms with Gasteiger partial charge in [0.2, 0.25) is 5.76 Å². The maximum atomic E-state index is 13.7. The first-order valence-corrected chi connectivity index (χ1v) is 13.7. The molecule has 1 saturated carbocycles. The Kier molecular flexibility index (Phi) is 6.77. The number of hydrogen-bond acceptors (Lipinski definition) is 5. The first kappa shape index (κ1) is 23.9. The molecule has 192 valence electrons. The van der Waals surface area contributed by atoms with E-state index in [-0.39, 0.29) is 23.9 Å². The molecule has 2 aliphatic carbocycles. The minimum atomic E-state index is -0.0303. The second-order valence-corrected chi connectivity index (χ2v) is 10.7. The summed E-state index contributed by atoms with van der Waals surface area (Å²) in [6, 6.07) is 16.3. The number of amides is 2. The third kappa shape index (κ3) is 5.04. The topological polar surface area (TPSA) is 79.5 Å². The Morgan fingerprint density at radius 1 is 0.973 bits per heavy atom. The lowest BCUT2D eigenvalue weighted by molar-refractivity contribution is 0.0428. The summed E-state index contributed by atoms with van der Waals surface area (Å²) in [7, 11) is 0. The van der Waals surface area contributed by atoms with E-state index in [1.807, 2.05) is 29.2 Å². The average molecular weight is 499 g/mol. The van der Waals surface area contributed by atoms with Crippen molar-refractivity contribution in [3.8, 4) is 0 Å². The summed E-state index contributed by atoms with van der Waals surface area (Å²) < 4.78 is 5.54. The molecule has 1 unspecified atom stereocenters. The minimum Gasteiger partial charge on any atom is -0.350 e. The maximum absolute atomic E-state index is 13.7. The zero-order valence-electron chi connectivity index (χ0n) is 21.2. The molecule has 0 bridgehead atoms. The second-order valence-electron chi connectivity index (χ2n) is 10.7. The molecule has 1 aromatic carbocycles. The predicted octanol–water partition coefficient (Wildman–Crippen LogP) is 4.72. The van der Waals surface area contributed by atoms with Gasteiger partial charge in [-0.25, -0.2) is 0 Å². The van der Waals surface area contributed by atoms with E-state index in [0.29, 0.717) is 30.5 Å². The van der Waals surface area contributed by atoms with Crippen LogP contribution in [0.1, 0.15) is 76.4 Å². The van der Waals surface area contributed by atoms with Crippen molar-refractivity contribution in [1.82, 2.24) is 19.9 Å². The van der Waals surface area contributed by atoms with Crippen LogP contribution in [0.15, 0.2) is 59.3 Å². The van der Waals surface area contributed by atoms with E-state index < -0.39 is 0 Å². The van der Waals surface area contributed by atoms with Crippen molar-refractivity contribution in [2.75, 3.05) is 13.1 Å². The molecule has 2 fully saturated rings. The van der Waals surface area contributed by atoms with Gasteiger partial charge in [0, 0.05) is 36.9 Å². The Balaban J connectivity index is 1.21. The number of pyridine rings is 1. The number of carbonyl (C=O) groups excluding carboxylic acids is 2. The Hall–Kier alpha value is -3.48. The van der Waals surface area contributed by atoms with E-state index in [2.05, 4.69) is 39.3 Å². The third-order valence-electron chi connectivity index (χ3n) is 8.23. The van der Waals surface area contributed by atoms with Crippen molar-refractivity contribution in [2.45, 2.75) is 69.9 Å². The Morgan fingerprint density at radius 3 is 2.46 bits per heavy atom. The van der Waals surface area contributed by atoms with Crippen molar-refractivity contribution >= 4 is 11.8 Å². The van der Waals surface area contributed by atoms with E-state index in [1.54, 1.807) is 6.20 Å². The molecule has 6 rings (SSSR count). The lowest BCUT2D eigenvalue weighted by Gasteiger charge is -2.41. The molecule has 1 atom stereocenters.